The van der Waals surface area contributed by atoms with E-state index < -0.39 is 27.8 Å². The zero-order valence-corrected chi connectivity index (χ0v) is 23.7. The van der Waals surface area contributed by atoms with Crippen molar-refractivity contribution in [3.8, 4) is 5.75 Å². The predicted octanol–water partition coefficient (Wildman–Crippen LogP) is 4.23. The number of rotatable bonds is 14. The summed E-state index contributed by atoms with van der Waals surface area (Å²) in [6, 6.07) is 16.6. The Bertz CT molecular complexity index is 1370. The number of nitrogens with one attached hydrogen (secondary N) is 2. The number of hydrogen-bond donors (Lipinski definition) is 2. The molecule has 0 radical (unpaired) electrons. The number of methoxy groups -OCH3 is 1. The fourth-order valence-corrected chi connectivity index (χ4v) is 4.80. The molecule has 0 saturated carbocycles. The first-order chi connectivity index (χ1) is 19.1. The molecule has 40 heavy (non-hydrogen) atoms. The summed E-state index contributed by atoms with van der Waals surface area (Å²) in [6.45, 7) is 2.31. The van der Waals surface area contributed by atoms with Crippen molar-refractivity contribution in [2.24, 2.45) is 0 Å². The second-order valence-corrected chi connectivity index (χ2v) is 11.0. The molecule has 0 aliphatic carbocycles. The molecule has 0 fully saturated rings. The van der Waals surface area contributed by atoms with E-state index >= 15 is 0 Å². The lowest BCUT2D eigenvalue weighted by Crippen LogP contribution is -2.49. The van der Waals surface area contributed by atoms with Gasteiger partial charge in [0.2, 0.25) is 5.91 Å². The van der Waals surface area contributed by atoms with E-state index in [0.717, 1.165) is 17.7 Å². The maximum atomic E-state index is 13.2. The Balaban J connectivity index is 1.66. The Kier molecular flexibility index (Phi) is 11.3. The molecule has 3 aromatic carbocycles. The van der Waals surface area contributed by atoms with Crippen LogP contribution in [0.25, 0.3) is 0 Å². The molecule has 0 aliphatic rings. The number of sulfonamides is 1. The average molecular weight is 592 g/mol. The van der Waals surface area contributed by atoms with Crippen molar-refractivity contribution in [2.45, 2.75) is 30.8 Å². The number of nitrogens with zero attached hydrogens (tertiary/aromatic N) is 1. The lowest BCUT2D eigenvalue weighted by atomic mass is 10.1. The molecule has 12 heteroatoms. The summed E-state index contributed by atoms with van der Waals surface area (Å²) in [4.78, 5) is 27.3. The molecule has 0 spiro atoms. The summed E-state index contributed by atoms with van der Waals surface area (Å²) < 4.78 is 51.4. The van der Waals surface area contributed by atoms with E-state index in [-0.39, 0.29) is 35.4 Å². The van der Waals surface area contributed by atoms with Gasteiger partial charge in [-0.05, 0) is 79.6 Å². The molecule has 3 aromatic rings. The Labute approximate surface area is 238 Å². The van der Waals surface area contributed by atoms with Crippen molar-refractivity contribution in [3.05, 3.63) is 89.2 Å². The molecule has 0 saturated heterocycles. The van der Waals surface area contributed by atoms with Crippen LogP contribution in [-0.2, 0) is 30.9 Å². The van der Waals surface area contributed by atoms with Gasteiger partial charge in [-0.2, -0.15) is 0 Å². The highest BCUT2D eigenvalue weighted by atomic mass is 35.5. The maximum absolute atomic E-state index is 13.2. The minimum Gasteiger partial charge on any atom is -0.484 e. The first kappa shape index (κ1) is 30.9. The summed E-state index contributed by atoms with van der Waals surface area (Å²) >= 11 is 5.98. The number of amides is 2. The van der Waals surface area contributed by atoms with Crippen LogP contribution in [-0.4, -0.2) is 58.0 Å². The van der Waals surface area contributed by atoms with Crippen LogP contribution in [0.1, 0.15) is 18.9 Å². The van der Waals surface area contributed by atoms with Crippen molar-refractivity contribution in [1.82, 2.24) is 10.2 Å². The molecule has 9 nitrogen and oxygen atoms in total. The number of ether oxygens (including phenoxy) is 2. The third-order valence-electron chi connectivity index (χ3n) is 5.85. The summed E-state index contributed by atoms with van der Waals surface area (Å²) in [7, 11) is -2.34. The minimum absolute atomic E-state index is 0.0429. The van der Waals surface area contributed by atoms with Gasteiger partial charge in [0.25, 0.3) is 15.9 Å². The molecular formula is C28H31ClFN3O6S. The summed E-state index contributed by atoms with van der Waals surface area (Å²) in [5.74, 6) is -0.981. The molecule has 0 unspecified atom stereocenters. The van der Waals surface area contributed by atoms with E-state index in [0.29, 0.717) is 24.6 Å². The van der Waals surface area contributed by atoms with Crippen molar-refractivity contribution < 1.29 is 31.9 Å². The smallest absolute Gasteiger partial charge is 0.261 e. The summed E-state index contributed by atoms with van der Waals surface area (Å²) in [5, 5.41) is 3.35. The van der Waals surface area contributed by atoms with Crippen LogP contribution in [0.15, 0.2) is 77.7 Å². The Morgan fingerprint density at radius 3 is 2.27 bits per heavy atom. The van der Waals surface area contributed by atoms with E-state index in [9.17, 15) is 22.4 Å². The van der Waals surface area contributed by atoms with Crippen molar-refractivity contribution in [2.75, 3.05) is 31.6 Å². The third-order valence-corrected chi connectivity index (χ3v) is 7.50. The van der Waals surface area contributed by atoms with Crippen LogP contribution in [0.5, 0.6) is 5.75 Å². The highest BCUT2D eigenvalue weighted by Gasteiger charge is 2.26. The zero-order valence-electron chi connectivity index (χ0n) is 22.1. The highest BCUT2D eigenvalue weighted by Crippen LogP contribution is 2.20. The Morgan fingerprint density at radius 2 is 1.65 bits per heavy atom. The number of carbonyl (C=O) groups excluding carboxylic acids is 2. The molecule has 3 rings (SSSR count). The first-order valence-electron chi connectivity index (χ1n) is 12.4. The largest absolute Gasteiger partial charge is 0.484 e. The van der Waals surface area contributed by atoms with E-state index in [1.54, 1.807) is 38.3 Å². The van der Waals surface area contributed by atoms with Crippen LogP contribution < -0.4 is 14.8 Å². The predicted molar refractivity (Wildman–Crippen MR) is 150 cm³/mol. The maximum Gasteiger partial charge on any atom is 0.261 e. The van der Waals surface area contributed by atoms with E-state index in [2.05, 4.69) is 10.0 Å². The molecule has 0 bridgehead atoms. The monoisotopic (exact) mass is 591 g/mol. The lowest BCUT2D eigenvalue weighted by molar-refractivity contribution is -0.142. The molecule has 2 amide bonds. The number of carbonyl (C=O) groups is 2. The molecule has 2 N–H and O–H groups in total. The van der Waals surface area contributed by atoms with Gasteiger partial charge in [-0.15, -0.1) is 0 Å². The fraction of sp³-hybridized carbons (Fsp3) is 0.286. The Hall–Kier alpha value is -3.67. The lowest BCUT2D eigenvalue weighted by Gasteiger charge is -2.28. The van der Waals surface area contributed by atoms with Gasteiger partial charge in [-0.25, -0.2) is 12.8 Å². The van der Waals surface area contributed by atoms with Crippen LogP contribution in [0.2, 0.25) is 5.02 Å². The second kappa shape index (κ2) is 14.6. The average Bonchev–Trinajstić information content (AvgIpc) is 2.94. The number of anilines is 1. The zero-order chi connectivity index (χ0) is 29.1. The first-order valence-corrected chi connectivity index (χ1v) is 14.3. The summed E-state index contributed by atoms with van der Waals surface area (Å²) in [5.41, 5.74) is 0.991. The third kappa shape index (κ3) is 9.22. The topological polar surface area (TPSA) is 114 Å². The molecular weight excluding hydrogens is 561 g/mol. The number of benzene rings is 3. The van der Waals surface area contributed by atoms with Crippen LogP contribution in [0, 0.1) is 5.82 Å². The van der Waals surface area contributed by atoms with Gasteiger partial charge in [-0.1, -0.05) is 23.7 Å². The number of hydrogen-bond acceptors (Lipinski definition) is 6. The van der Waals surface area contributed by atoms with Crippen molar-refractivity contribution in [3.63, 3.8) is 0 Å². The van der Waals surface area contributed by atoms with Gasteiger partial charge in [0.15, 0.2) is 6.61 Å². The van der Waals surface area contributed by atoms with E-state index in [1.807, 2.05) is 0 Å². The van der Waals surface area contributed by atoms with Crippen LogP contribution in [0.4, 0.5) is 10.1 Å². The Morgan fingerprint density at radius 1 is 1.00 bits per heavy atom. The van der Waals surface area contributed by atoms with E-state index in [1.165, 1.54) is 41.3 Å². The second-order valence-electron chi connectivity index (χ2n) is 8.83. The quantitative estimate of drug-likeness (QED) is 0.271. The van der Waals surface area contributed by atoms with Crippen LogP contribution >= 0.6 is 11.6 Å². The molecule has 0 aliphatic heterocycles. The van der Waals surface area contributed by atoms with Gasteiger partial charge in [0.1, 0.15) is 17.6 Å². The molecule has 0 heterocycles. The molecule has 214 valence electrons. The van der Waals surface area contributed by atoms with Crippen LogP contribution in [0.3, 0.4) is 0 Å². The van der Waals surface area contributed by atoms with Crippen molar-refractivity contribution in [1.29, 1.82) is 0 Å². The SMILES string of the molecule is COCCCNC(=O)[C@H](C)N(Cc1ccc(Cl)cc1)C(=O)COc1ccc(S(=O)(=O)Nc2ccc(F)cc2)cc1. The van der Waals surface area contributed by atoms with Gasteiger partial charge in [0, 0.05) is 37.5 Å². The molecule has 1 atom stereocenters. The van der Waals surface area contributed by atoms with Gasteiger partial charge < -0.3 is 19.7 Å². The molecule has 0 aromatic heterocycles. The standard InChI is InChI=1S/C28H31ClFN3O6S/c1-20(28(35)31-16-3-17-38-2)33(18-21-4-6-22(29)7-5-21)27(34)19-39-25-12-14-26(15-13-25)40(36,37)32-24-10-8-23(30)9-11-24/h4-15,20,32H,3,16-19H2,1-2H3,(H,31,35)/t20-/m0/s1. The highest BCUT2D eigenvalue weighted by molar-refractivity contribution is 7.92. The fourth-order valence-electron chi connectivity index (χ4n) is 3.62. The number of halogens is 2. The normalized spacial score (nSPS) is 11.9. The van der Waals surface area contributed by atoms with Gasteiger partial charge >= 0.3 is 0 Å². The van der Waals surface area contributed by atoms with Crippen molar-refractivity contribution >= 4 is 39.1 Å². The van der Waals surface area contributed by atoms with E-state index in [4.69, 9.17) is 21.1 Å². The van der Waals surface area contributed by atoms with Gasteiger partial charge in [0.05, 0.1) is 4.90 Å². The minimum atomic E-state index is -3.92. The summed E-state index contributed by atoms with van der Waals surface area (Å²) in [6.07, 6.45) is 0.633. The van der Waals surface area contributed by atoms with Gasteiger partial charge in [-0.3, -0.25) is 14.3 Å².